The first-order valence-electron chi connectivity index (χ1n) is 4.82. The second kappa shape index (κ2) is 6.57. The number of pyridine rings is 1. The van der Waals surface area contributed by atoms with Crippen LogP contribution in [-0.2, 0) is 4.79 Å². The van der Waals surface area contributed by atoms with Crippen LogP contribution >= 0.6 is 15.9 Å². The van der Waals surface area contributed by atoms with Crippen LogP contribution in [0.25, 0.3) is 0 Å². The van der Waals surface area contributed by atoms with Gasteiger partial charge in [-0.05, 0) is 35.1 Å². The van der Waals surface area contributed by atoms with Crippen LogP contribution in [0.15, 0.2) is 22.8 Å². The van der Waals surface area contributed by atoms with Crippen molar-refractivity contribution >= 4 is 27.7 Å². The summed E-state index contributed by atoms with van der Waals surface area (Å²) in [5.41, 5.74) is 0. The van der Waals surface area contributed by atoms with Crippen LogP contribution in [0.3, 0.4) is 0 Å². The van der Waals surface area contributed by atoms with Crippen LogP contribution in [0, 0.1) is 0 Å². The Morgan fingerprint density at radius 2 is 2.38 bits per heavy atom. The van der Waals surface area contributed by atoms with Crippen LogP contribution in [0.4, 0.5) is 5.82 Å². The molecule has 0 saturated heterocycles. The summed E-state index contributed by atoms with van der Waals surface area (Å²) >= 11 is 3.26. The van der Waals surface area contributed by atoms with Gasteiger partial charge in [0.05, 0.1) is 13.2 Å². The highest BCUT2D eigenvalue weighted by Crippen LogP contribution is 2.10. The van der Waals surface area contributed by atoms with Crippen molar-refractivity contribution < 1.29 is 9.90 Å². The molecule has 0 bridgehead atoms. The van der Waals surface area contributed by atoms with E-state index in [4.69, 9.17) is 5.11 Å². The first kappa shape index (κ1) is 13.1. The summed E-state index contributed by atoms with van der Waals surface area (Å²) in [4.78, 5) is 17.3. The van der Waals surface area contributed by atoms with Crippen molar-refractivity contribution in [2.24, 2.45) is 0 Å². The number of aliphatic hydroxyl groups is 1. The van der Waals surface area contributed by atoms with Crippen molar-refractivity contribution in [1.82, 2.24) is 9.88 Å². The van der Waals surface area contributed by atoms with Gasteiger partial charge in [0.25, 0.3) is 0 Å². The molecule has 1 aromatic rings. The van der Waals surface area contributed by atoms with Gasteiger partial charge in [-0.25, -0.2) is 4.98 Å². The monoisotopic (exact) mass is 287 g/mol. The predicted molar refractivity (Wildman–Crippen MR) is 65.1 cm³/mol. The van der Waals surface area contributed by atoms with Gasteiger partial charge in [-0.3, -0.25) is 9.69 Å². The number of rotatable bonds is 5. The number of hydrogen-bond donors (Lipinski definition) is 2. The lowest BCUT2D eigenvalue weighted by molar-refractivity contribution is -0.117. The zero-order valence-corrected chi connectivity index (χ0v) is 10.6. The third-order valence-electron chi connectivity index (χ3n) is 1.89. The minimum absolute atomic E-state index is 0.0420. The molecule has 1 aromatic heterocycles. The average Bonchev–Trinajstić information content (AvgIpc) is 2.21. The van der Waals surface area contributed by atoms with Crippen LogP contribution < -0.4 is 5.32 Å². The molecule has 0 radical (unpaired) electrons. The fraction of sp³-hybridized carbons (Fsp3) is 0.400. The highest BCUT2D eigenvalue weighted by molar-refractivity contribution is 9.10. The number of carbonyl (C=O) groups excluding carboxylic acids is 1. The summed E-state index contributed by atoms with van der Waals surface area (Å²) in [6.07, 6.45) is 1.62. The fourth-order valence-corrected chi connectivity index (χ4v) is 1.36. The van der Waals surface area contributed by atoms with E-state index in [1.54, 1.807) is 30.3 Å². The molecule has 88 valence electrons. The largest absolute Gasteiger partial charge is 0.395 e. The molecule has 0 spiro atoms. The van der Waals surface area contributed by atoms with E-state index in [1.165, 1.54) is 0 Å². The van der Waals surface area contributed by atoms with Gasteiger partial charge in [0.15, 0.2) is 0 Å². The van der Waals surface area contributed by atoms with Crippen LogP contribution in [0.2, 0.25) is 0 Å². The number of aliphatic hydroxyl groups excluding tert-OH is 1. The van der Waals surface area contributed by atoms with Gasteiger partial charge in [0, 0.05) is 17.2 Å². The summed E-state index contributed by atoms with van der Waals surface area (Å²) in [5, 5.41) is 11.3. The number of anilines is 1. The summed E-state index contributed by atoms with van der Waals surface area (Å²) in [5.74, 6) is 0.372. The molecule has 0 atom stereocenters. The molecule has 1 rings (SSSR count). The van der Waals surface area contributed by atoms with Gasteiger partial charge in [0.1, 0.15) is 5.82 Å². The van der Waals surface area contributed by atoms with Crippen molar-refractivity contribution in [3.05, 3.63) is 22.8 Å². The summed E-state index contributed by atoms with van der Waals surface area (Å²) < 4.78 is 0.864. The molecule has 2 N–H and O–H groups in total. The summed E-state index contributed by atoms with van der Waals surface area (Å²) in [7, 11) is 1.77. The van der Waals surface area contributed by atoms with E-state index in [2.05, 4.69) is 26.2 Å². The predicted octanol–water partition coefficient (Wildman–Crippen LogP) is 0.707. The second-order valence-electron chi connectivity index (χ2n) is 3.37. The molecule has 6 heteroatoms. The Labute approximate surface area is 103 Å². The van der Waals surface area contributed by atoms with Gasteiger partial charge < -0.3 is 10.4 Å². The van der Waals surface area contributed by atoms with Crippen molar-refractivity contribution in [2.75, 3.05) is 32.1 Å². The highest BCUT2D eigenvalue weighted by Gasteiger charge is 2.06. The van der Waals surface area contributed by atoms with Crippen LogP contribution in [0.5, 0.6) is 0 Å². The SMILES string of the molecule is CN(CCO)CC(=O)Nc1ccc(Br)cn1. The van der Waals surface area contributed by atoms with E-state index in [9.17, 15) is 4.79 Å². The third-order valence-corrected chi connectivity index (χ3v) is 2.36. The quantitative estimate of drug-likeness (QED) is 0.837. The molecule has 0 aliphatic carbocycles. The number of hydrogen-bond acceptors (Lipinski definition) is 4. The van der Waals surface area contributed by atoms with Gasteiger partial charge >= 0.3 is 0 Å². The number of carbonyl (C=O) groups is 1. The molecule has 1 heterocycles. The van der Waals surface area contributed by atoms with Crippen molar-refractivity contribution in [3.8, 4) is 0 Å². The van der Waals surface area contributed by atoms with Gasteiger partial charge in [-0.1, -0.05) is 0 Å². The molecule has 0 saturated carbocycles. The van der Waals surface area contributed by atoms with Crippen molar-refractivity contribution in [2.45, 2.75) is 0 Å². The van der Waals surface area contributed by atoms with Gasteiger partial charge in [0.2, 0.25) is 5.91 Å². The lowest BCUT2D eigenvalue weighted by atomic mass is 10.4. The summed E-state index contributed by atoms with van der Waals surface area (Å²) in [6.45, 7) is 0.750. The van der Waals surface area contributed by atoms with Gasteiger partial charge in [-0.15, -0.1) is 0 Å². The fourth-order valence-electron chi connectivity index (χ4n) is 1.13. The normalized spacial score (nSPS) is 10.5. The second-order valence-corrected chi connectivity index (χ2v) is 4.29. The number of amides is 1. The lowest BCUT2D eigenvalue weighted by Gasteiger charge is -2.14. The molecule has 0 aromatic carbocycles. The number of halogens is 1. The van der Waals surface area contributed by atoms with E-state index < -0.39 is 0 Å². The molecule has 0 fully saturated rings. The van der Waals surface area contributed by atoms with E-state index in [0.717, 1.165) is 4.47 Å². The maximum absolute atomic E-state index is 11.5. The Bertz CT molecular complexity index is 342. The zero-order chi connectivity index (χ0) is 12.0. The Morgan fingerprint density at radius 1 is 1.62 bits per heavy atom. The smallest absolute Gasteiger partial charge is 0.239 e. The molecule has 16 heavy (non-hydrogen) atoms. The van der Waals surface area contributed by atoms with Crippen molar-refractivity contribution in [1.29, 1.82) is 0 Å². The Balaban J connectivity index is 2.42. The minimum atomic E-state index is -0.147. The number of aromatic nitrogens is 1. The third kappa shape index (κ3) is 4.69. The number of likely N-dealkylation sites (N-methyl/N-ethyl adjacent to an activating group) is 1. The van der Waals surface area contributed by atoms with E-state index >= 15 is 0 Å². The topological polar surface area (TPSA) is 65.5 Å². The van der Waals surface area contributed by atoms with Crippen LogP contribution in [0.1, 0.15) is 0 Å². The molecular formula is C10H14BrN3O2. The Hall–Kier alpha value is -0.980. The molecule has 5 nitrogen and oxygen atoms in total. The van der Waals surface area contributed by atoms with E-state index in [-0.39, 0.29) is 19.1 Å². The summed E-state index contributed by atoms with van der Waals surface area (Å²) in [6, 6.07) is 3.52. The van der Waals surface area contributed by atoms with Crippen LogP contribution in [-0.4, -0.2) is 47.6 Å². The lowest BCUT2D eigenvalue weighted by Crippen LogP contribution is -2.32. The maximum Gasteiger partial charge on any atom is 0.239 e. The Kier molecular flexibility index (Phi) is 5.37. The zero-order valence-electron chi connectivity index (χ0n) is 8.98. The maximum atomic E-state index is 11.5. The molecule has 0 aliphatic heterocycles. The first-order valence-corrected chi connectivity index (χ1v) is 5.62. The molecule has 0 aliphatic rings. The number of nitrogens with zero attached hydrogens (tertiary/aromatic N) is 2. The molecule has 0 unspecified atom stereocenters. The highest BCUT2D eigenvalue weighted by atomic mass is 79.9. The minimum Gasteiger partial charge on any atom is -0.395 e. The van der Waals surface area contributed by atoms with Crippen molar-refractivity contribution in [3.63, 3.8) is 0 Å². The standard InChI is InChI=1S/C10H14BrN3O2/c1-14(4-5-15)7-10(16)13-9-3-2-8(11)6-12-9/h2-3,6,15H,4-5,7H2,1H3,(H,12,13,16). The molecule has 1 amide bonds. The first-order chi connectivity index (χ1) is 7.61. The molecular weight excluding hydrogens is 274 g/mol. The van der Waals surface area contributed by atoms with Gasteiger partial charge in [-0.2, -0.15) is 0 Å². The van der Waals surface area contributed by atoms with E-state index in [0.29, 0.717) is 12.4 Å². The number of nitrogens with one attached hydrogen (secondary N) is 1. The Morgan fingerprint density at radius 3 is 2.94 bits per heavy atom. The average molecular weight is 288 g/mol. The van der Waals surface area contributed by atoms with E-state index in [1.807, 2.05) is 0 Å².